The molecule has 0 aliphatic carbocycles. The average molecular weight is 411 g/mol. The second-order valence-electron chi connectivity index (χ2n) is 8.15. The highest BCUT2D eigenvalue weighted by molar-refractivity contribution is 7.89. The summed E-state index contributed by atoms with van der Waals surface area (Å²) >= 11 is 0. The average Bonchev–Trinajstić information content (AvgIpc) is 3.08. The van der Waals surface area contributed by atoms with E-state index < -0.39 is 10.0 Å². The minimum absolute atomic E-state index is 0.0470. The molecular weight excluding hydrogens is 380 g/mol. The van der Waals surface area contributed by atoms with E-state index in [-0.39, 0.29) is 35.3 Å². The summed E-state index contributed by atoms with van der Waals surface area (Å²) in [6.45, 7) is 6.94. The van der Waals surface area contributed by atoms with Gasteiger partial charge in [0.05, 0.1) is 18.0 Å². The van der Waals surface area contributed by atoms with E-state index in [0.717, 1.165) is 12.8 Å². The maximum absolute atomic E-state index is 12.5. The number of benzene rings is 1. The Hall–Kier alpha value is -1.97. The van der Waals surface area contributed by atoms with Gasteiger partial charge in [-0.05, 0) is 64.9 Å². The van der Waals surface area contributed by atoms with Crippen LogP contribution in [0.15, 0.2) is 29.2 Å². The monoisotopic (exact) mass is 410 g/mol. The summed E-state index contributed by atoms with van der Waals surface area (Å²) in [6, 6.07) is 6.16. The van der Waals surface area contributed by atoms with Gasteiger partial charge in [-0.15, -0.1) is 0 Å². The first kappa shape index (κ1) is 22.3. The normalized spacial score (nSPS) is 15.6. The van der Waals surface area contributed by atoms with Crippen molar-refractivity contribution in [3.05, 3.63) is 24.3 Å². The van der Waals surface area contributed by atoms with Crippen molar-refractivity contribution in [2.24, 2.45) is 0 Å². The van der Waals surface area contributed by atoms with E-state index in [4.69, 9.17) is 0 Å². The van der Waals surface area contributed by atoms with Gasteiger partial charge in [-0.2, -0.15) is 4.31 Å². The predicted molar refractivity (Wildman–Crippen MR) is 108 cm³/mol. The maximum Gasteiger partial charge on any atom is 0.243 e. The lowest BCUT2D eigenvalue weighted by Crippen LogP contribution is -2.46. The van der Waals surface area contributed by atoms with E-state index in [2.05, 4.69) is 10.6 Å². The molecule has 1 aliphatic heterocycles. The first-order valence-electron chi connectivity index (χ1n) is 9.37. The lowest BCUT2D eigenvalue weighted by atomic mass is 10.1. The number of hydrogen-bond donors (Lipinski definition) is 2. The molecular formula is C19H30N4O4S. The van der Waals surface area contributed by atoms with Gasteiger partial charge in [-0.25, -0.2) is 8.42 Å². The van der Waals surface area contributed by atoms with Crippen molar-refractivity contribution in [3.8, 4) is 0 Å². The Kier molecular flexibility index (Phi) is 7.19. The van der Waals surface area contributed by atoms with Gasteiger partial charge in [0.25, 0.3) is 0 Å². The lowest BCUT2D eigenvalue weighted by Gasteiger charge is -2.23. The molecule has 1 aliphatic rings. The first-order valence-corrected chi connectivity index (χ1v) is 10.8. The number of carbonyl (C=O) groups excluding carboxylic acids is 2. The topological polar surface area (TPSA) is 98.8 Å². The SMILES string of the molecule is CN(CC(=O)Nc1ccc(S(=O)(=O)N2CCCC2)cc1)CC(=O)NC(C)(C)C. The van der Waals surface area contributed by atoms with Gasteiger partial charge in [0.1, 0.15) is 0 Å². The standard InChI is InChI=1S/C19H30N4O4S/c1-19(2,3)21-18(25)14-22(4)13-17(24)20-15-7-9-16(10-8-15)28(26,27)23-11-5-6-12-23/h7-10H,5-6,11-14H2,1-4H3,(H,20,24)(H,21,25). The molecule has 156 valence electrons. The Labute approximate surface area is 167 Å². The molecule has 0 aromatic heterocycles. The Balaban J connectivity index is 1.88. The van der Waals surface area contributed by atoms with Crippen LogP contribution in [0, 0.1) is 0 Å². The van der Waals surface area contributed by atoms with Crippen LogP contribution in [0.2, 0.25) is 0 Å². The molecule has 0 bridgehead atoms. The zero-order valence-electron chi connectivity index (χ0n) is 17.0. The molecule has 1 aromatic rings. The summed E-state index contributed by atoms with van der Waals surface area (Å²) in [7, 11) is -1.78. The number of rotatable bonds is 7. The fraction of sp³-hybridized carbons (Fsp3) is 0.579. The van der Waals surface area contributed by atoms with Gasteiger partial charge in [0.15, 0.2) is 0 Å². The van der Waals surface area contributed by atoms with Crippen molar-refractivity contribution in [1.29, 1.82) is 0 Å². The Morgan fingerprint density at radius 2 is 1.57 bits per heavy atom. The van der Waals surface area contributed by atoms with Gasteiger partial charge in [0.2, 0.25) is 21.8 Å². The summed E-state index contributed by atoms with van der Waals surface area (Å²) in [5.41, 5.74) is 0.190. The molecule has 1 aromatic carbocycles. The van der Waals surface area contributed by atoms with Gasteiger partial charge in [0, 0.05) is 24.3 Å². The number of likely N-dealkylation sites (N-methyl/N-ethyl adjacent to an activating group) is 1. The van der Waals surface area contributed by atoms with Crippen LogP contribution in [0.4, 0.5) is 5.69 Å². The molecule has 0 atom stereocenters. The lowest BCUT2D eigenvalue weighted by molar-refractivity contribution is -0.124. The van der Waals surface area contributed by atoms with Gasteiger partial charge < -0.3 is 10.6 Å². The van der Waals surface area contributed by atoms with Crippen LogP contribution in [-0.4, -0.2) is 68.2 Å². The molecule has 0 unspecified atom stereocenters. The molecule has 2 N–H and O–H groups in total. The third kappa shape index (κ3) is 6.57. The van der Waals surface area contributed by atoms with Crippen LogP contribution in [0.25, 0.3) is 0 Å². The molecule has 0 radical (unpaired) electrons. The summed E-state index contributed by atoms with van der Waals surface area (Å²) in [6.07, 6.45) is 1.77. The number of amides is 2. The fourth-order valence-corrected chi connectivity index (χ4v) is 4.51. The first-order chi connectivity index (χ1) is 13.0. The zero-order chi connectivity index (χ0) is 20.9. The minimum Gasteiger partial charge on any atom is -0.350 e. The third-order valence-corrected chi connectivity index (χ3v) is 6.10. The smallest absolute Gasteiger partial charge is 0.243 e. The minimum atomic E-state index is -3.46. The van der Waals surface area contributed by atoms with Gasteiger partial charge in [-0.3, -0.25) is 14.5 Å². The van der Waals surface area contributed by atoms with Crippen molar-refractivity contribution in [2.75, 3.05) is 38.5 Å². The van der Waals surface area contributed by atoms with Gasteiger partial charge in [-0.1, -0.05) is 0 Å². The second kappa shape index (κ2) is 9.02. The molecule has 2 amide bonds. The van der Waals surface area contributed by atoms with Crippen LogP contribution in [0.3, 0.4) is 0 Å². The molecule has 1 fully saturated rings. The Morgan fingerprint density at radius 1 is 1.04 bits per heavy atom. The van der Waals surface area contributed by atoms with Crippen molar-refractivity contribution >= 4 is 27.5 Å². The second-order valence-corrected chi connectivity index (χ2v) is 10.1. The van der Waals surface area contributed by atoms with Crippen LogP contribution in [-0.2, 0) is 19.6 Å². The highest BCUT2D eigenvalue weighted by Gasteiger charge is 2.27. The van der Waals surface area contributed by atoms with Crippen molar-refractivity contribution < 1.29 is 18.0 Å². The number of nitrogens with zero attached hydrogens (tertiary/aromatic N) is 2. The summed E-state index contributed by atoms with van der Waals surface area (Å²) in [5, 5.41) is 5.57. The van der Waals surface area contributed by atoms with E-state index in [9.17, 15) is 18.0 Å². The summed E-state index contributed by atoms with van der Waals surface area (Å²) < 4.78 is 26.5. The zero-order valence-corrected chi connectivity index (χ0v) is 17.8. The van der Waals surface area contributed by atoms with Crippen molar-refractivity contribution in [1.82, 2.24) is 14.5 Å². The number of anilines is 1. The van der Waals surface area contributed by atoms with Crippen LogP contribution >= 0.6 is 0 Å². The van der Waals surface area contributed by atoms with E-state index >= 15 is 0 Å². The maximum atomic E-state index is 12.5. The largest absolute Gasteiger partial charge is 0.350 e. The molecule has 1 saturated heterocycles. The molecule has 1 heterocycles. The highest BCUT2D eigenvalue weighted by Crippen LogP contribution is 2.22. The molecule has 9 heteroatoms. The number of nitrogens with one attached hydrogen (secondary N) is 2. The number of sulfonamides is 1. The van der Waals surface area contributed by atoms with Crippen LogP contribution in [0.1, 0.15) is 33.6 Å². The van der Waals surface area contributed by atoms with E-state index in [1.807, 2.05) is 20.8 Å². The molecule has 8 nitrogen and oxygen atoms in total. The van der Waals surface area contributed by atoms with Crippen molar-refractivity contribution in [3.63, 3.8) is 0 Å². The Morgan fingerprint density at radius 3 is 2.11 bits per heavy atom. The van der Waals surface area contributed by atoms with E-state index in [1.165, 1.54) is 16.4 Å². The van der Waals surface area contributed by atoms with Crippen molar-refractivity contribution in [2.45, 2.75) is 44.0 Å². The predicted octanol–water partition coefficient (Wildman–Crippen LogP) is 1.26. The van der Waals surface area contributed by atoms with E-state index in [0.29, 0.717) is 18.8 Å². The van der Waals surface area contributed by atoms with Crippen LogP contribution < -0.4 is 10.6 Å². The van der Waals surface area contributed by atoms with E-state index in [1.54, 1.807) is 24.1 Å². The Bertz CT molecular complexity index is 794. The summed E-state index contributed by atoms with van der Waals surface area (Å²) in [4.78, 5) is 25.9. The third-order valence-electron chi connectivity index (χ3n) is 4.18. The molecule has 2 rings (SSSR count). The quantitative estimate of drug-likeness (QED) is 0.705. The fourth-order valence-electron chi connectivity index (χ4n) is 2.99. The van der Waals surface area contributed by atoms with Gasteiger partial charge >= 0.3 is 0 Å². The molecule has 0 saturated carbocycles. The number of hydrogen-bond acceptors (Lipinski definition) is 5. The highest BCUT2D eigenvalue weighted by atomic mass is 32.2. The summed E-state index contributed by atoms with van der Waals surface area (Å²) in [5.74, 6) is -0.430. The molecule has 28 heavy (non-hydrogen) atoms. The van der Waals surface area contributed by atoms with Crippen LogP contribution in [0.5, 0.6) is 0 Å². The molecule has 0 spiro atoms. The number of carbonyl (C=O) groups is 2.